The van der Waals surface area contributed by atoms with Crippen LogP contribution in [0.5, 0.6) is 5.75 Å². The van der Waals surface area contributed by atoms with Crippen molar-refractivity contribution in [1.29, 1.82) is 0 Å². The molecule has 7 nitrogen and oxygen atoms in total. The van der Waals surface area contributed by atoms with Crippen molar-refractivity contribution in [3.8, 4) is 5.75 Å². The molecule has 0 radical (unpaired) electrons. The molecule has 1 saturated heterocycles. The van der Waals surface area contributed by atoms with Crippen LogP contribution in [0.15, 0.2) is 82.7 Å². The Morgan fingerprint density at radius 3 is 2.49 bits per heavy atom. The lowest BCUT2D eigenvalue weighted by atomic mass is 9.93. The average molecular weight is 558 g/mol. The van der Waals surface area contributed by atoms with E-state index >= 15 is 0 Å². The number of thioether (sulfide) groups is 1. The van der Waals surface area contributed by atoms with E-state index in [1.165, 1.54) is 28.0 Å². The average Bonchev–Trinajstić information content (AvgIpc) is 3.51. The Bertz CT molecular complexity index is 1550. The number of anilines is 1. The minimum atomic E-state index is -0.875. The zero-order chi connectivity index (χ0) is 27.5. The Hall–Kier alpha value is -3.95. The molecule has 1 aliphatic heterocycles. The number of carbonyl (C=O) groups excluding carboxylic acids is 2. The molecular weight excluding hydrogens is 530 g/mol. The number of nitrogens with zero attached hydrogens (tertiary/aromatic N) is 3. The van der Waals surface area contributed by atoms with Gasteiger partial charge in [0.05, 0.1) is 18.2 Å². The second kappa shape index (κ2) is 11.4. The fourth-order valence-electron chi connectivity index (χ4n) is 4.47. The molecule has 2 heterocycles. The lowest BCUT2D eigenvalue weighted by Crippen LogP contribution is -2.29. The molecule has 1 fully saturated rings. The molecule has 1 amide bonds. The fraction of sp³-hybridized carbons (Fsp3) is 0.200. The molecule has 4 aromatic rings. The van der Waals surface area contributed by atoms with Gasteiger partial charge in [-0.1, -0.05) is 83.3 Å². The van der Waals surface area contributed by atoms with Crippen LogP contribution in [-0.4, -0.2) is 33.6 Å². The number of benzene rings is 3. The van der Waals surface area contributed by atoms with E-state index in [1.54, 1.807) is 24.3 Å². The number of hydrogen-bond donors (Lipinski definition) is 1. The van der Waals surface area contributed by atoms with Gasteiger partial charge in [0, 0.05) is 11.3 Å². The number of aromatic nitrogens is 2. The van der Waals surface area contributed by atoms with Crippen molar-refractivity contribution in [3.63, 3.8) is 0 Å². The zero-order valence-corrected chi connectivity index (χ0v) is 23.4. The Kier molecular flexibility index (Phi) is 7.81. The van der Waals surface area contributed by atoms with Crippen molar-refractivity contribution < 1.29 is 19.4 Å². The highest BCUT2D eigenvalue weighted by Crippen LogP contribution is 2.44. The fourth-order valence-corrected chi connectivity index (χ4v) is 6.30. The number of aliphatic hydroxyl groups excluding tert-OH is 1. The first kappa shape index (κ1) is 26.6. The monoisotopic (exact) mass is 557 g/mol. The van der Waals surface area contributed by atoms with Crippen LogP contribution in [0.25, 0.3) is 5.76 Å². The first-order valence-electron chi connectivity index (χ1n) is 12.5. The van der Waals surface area contributed by atoms with Crippen LogP contribution in [0, 0.1) is 13.8 Å². The van der Waals surface area contributed by atoms with Crippen molar-refractivity contribution in [2.45, 2.75) is 36.9 Å². The number of rotatable bonds is 8. The number of Topliss-reactive ketones (excluding diaryl/α,β-unsaturated/α-hetero) is 1. The standard InChI is InChI=1S/C30H27N3O4S2/c1-4-37-22-14-12-21(13-15-22)25-24(26(34)23-16-18(2)10-11-19(23)3)27(35)28(36)33(25)29-31-32-30(39-29)38-17-20-8-6-5-7-9-20/h5-16,25,34H,4,17H2,1-3H3/b26-24+. The summed E-state index contributed by atoms with van der Waals surface area (Å²) in [6.07, 6.45) is 0. The van der Waals surface area contributed by atoms with Gasteiger partial charge in [0.2, 0.25) is 5.13 Å². The first-order valence-corrected chi connectivity index (χ1v) is 14.3. The summed E-state index contributed by atoms with van der Waals surface area (Å²) in [6.45, 7) is 6.18. The lowest BCUT2D eigenvalue weighted by Gasteiger charge is -2.23. The summed E-state index contributed by atoms with van der Waals surface area (Å²) >= 11 is 2.76. The summed E-state index contributed by atoms with van der Waals surface area (Å²) in [5.41, 5.74) is 4.05. The molecule has 9 heteroatoms. The largest absolute Gasteiger partial charge is 0.507 e. The van der Waals surface area contributed by atoms with Crippen LogP contribution in [0.4, 0.5) is 5.13 Å². The van der Waals surface area contributed by atoms with Crippen molar-refractivity contribution in [1.82, 2.24) is 10.2 Å². The molecule has 0 bridgehead atoms. The van der Waals surface area contributed by atoms with Gasteiger partial charge in [0.1, 0.15) is 11.5 Å². The van der Waals surface area contributed by atoms with E-state index in [9.17, 15) is 14.7 Å². The molecule has 5 rings (SSSR count). The highest BCUT2D eigenvalue weighted by Gasteiger charge is 2.48. The van der Waals surface area contributed by atoms with Gasteiger partial charge in [-0.05, 0) is 55.7 Å². The Labute approximate surface area is 235 Å². The highest BCUT2D eigenvalue weighted by molar-refractivity contribution is 8.00. The van der Waals surface area contributed by atoms with E-state index in [2.05, 4.69) is 10.2 Å². The second-order valence-corrected chi connectivity index (χ2v) is 11.3. The molecule has 0 spiro atoms. The minimum Gasteiger partial charge on any atom is -0.507 e. The predicted octanol–water partition coefficient (Wildman–Crippen LogP) is 6.47. The van der Waals surface area contributed by atoms with Crippen molar-refractivity contribution in [2.75, 3.05) is 11.5 Å². The summed E-state index contributed by atoms with van der Waals surface area (Å²) in [6, 6.07) is 21.9. The summed E-state index contributed by atoms with van der Waals surface area (Å²) in [5.74, 6) is -0.358. The Morgan fingerprint density at radius 1 is 1.03 bits per heavy atom. The topological polar surface area (TPSA) is 92.6 Å². The van der Waals surface area contributed by atoms with Gasteiger partial charge in [-0.2, -0.15) is 0 Å². The molecule has 0 saturated carbocycles. The number of ether oxygens (including phenoxy) is 1. The number of aliphatic hydroxyl groups is 1. The van der Waals surface area contributed by atoms with Crippen LogP contribution in [-0.2, 0) is 15.3 Å². The zero-order valence-electron chi connectivity index (χ0n) is 21.7. The van der Waals surface area contributed by atoms with Crippen LogP contribution < -0.4 is 9.64 Å². The number of hydrogen-bond acceptors (Lipinski definition) is 8. The first-order chi connectivity index (χ1) is 18.9. The summed E-state index contributed by atoms with van der Waals surface area (Å²) in [5, 5.41) is 20.4. The van der Waals surface area contributed by atoms with Gasteiger partial charge < -0.3 is 9.84 Å². The molecule has 0 aliphatic carbocycles. The molecular formula is C30H27N3O4S2. The molecule has 39 heavy (non-hydrogen) atoms. The Morgan fingerprint density at radius 2 is 1.77 bits per heavy atom. The maximum atomic E-state index is 13.5. The minimum absolute atomic E-state index is 0.0200. The smallest absolute Gasteiger partial charge is 0.301 e. The number of aryl methyl sites for hydroxylation is 2. The lowest BCUT2D eigenvalue weighted by molar-refractivity contribution is -0.132. The maximum Gasteiger partial charge on any atom is 0.301 e. The van der Waals surface area contributed by atoms with Gasteiger partial charge in [-0.15, -0.1) is 10.2 Å². The van der Waals surface area contributed by atoms with Gasteiger partial charge in [0.15, 0.2) is 4.34 Å². The van der Waals surface area contributed by atoms with Gasteiger partial charge in [-0.25, -0.2) is 0 Å². The summed E-state index contributed by atoms with van der Waals surface area (Å²) in [4.78, 5) is 28.3. The number of amides is 1. The Balaban J connectivity index is 1.57. The molecule has 1 atom stereocenters. The molecule has 1 aromatic heterocycles. The summed E-state index contributed by atoms with van der Waals surface area (Å²) in [7, 11) is 0. The third kappa shape index (κ3) is 5.46. The van der Waals surface area contributed by atoms with E-state index < -0.39 is 17.7 Å². The SMILES string of the molecule is CCOc1ccc(C2/C(=C(\O)c3cc(C)ccc3C)C(=O)C(=O)N2c2nnc(SCc3ccccc3)s2)cc1. The predicted molar refractivity (Wildman–Crippen MR) is 154 cm³/mol. The third-order valence-corrected chi connectivity index (χ3v) is 8.53. The molecule has 198 valence electrons. The maximum absolute atomic E-state index is 13.5. The van der Waals surface area contributed by atoms with E-state index in [1.807, 2.05) is 69.3 Å². The molecule has 3 aromatic carbocycles. The van der Waals surface area contributed by atoms with Crippen molar-refractivity contribution in [3.05, 3.63) is 106 Å². The van der Waals surface area contributed by atoms with E-state index in [0.29, 0.717) is 38.7 Å². The number of carbonyl (C=O) groups is 2. The van der Waals surface area contributed by atoms with Crippen LogP contribution >= 0.6 is 23.1 Å². The third-order valence-electron chi connectivity index (χ3n) is 6.41. The quantitative estimate of drug-likeness (QED) is 0.0872. The highest BCUT2D eigenvalue weighted by atomic mass is 32.2. The van der Waals surface area contributed by atoms with Crippen LogP contribution in [0.1, 0.15) is 40.8 Å². The number of ketones is 1. The molecule has 1 unspecified atom stereocenters. The molecule has 1 aliphatic rings. The van der Waals surface area contributed by atoms with Crippen LogP contribution in [0.3, 0.4) is 0 Å². The molecule has 1 N–H and O–H groups in total. The van der Waals surface area contributed by atoms with E-state index in [-0.39, 0.29) is 11.3 Å². The second-order valence-electron chi connectivity index (χ2n) is 9.11. The van der Waals surface area contributed by atoms with E-state index in [0.717, 1.165) is 16.7 Å². The van der Waals surface area contributed by atoms with Crippen LogP contribution in [0.2, 0.25) is 0 Å². The normalized spacial score (nSPS) is 16.6. The van der Waals surface area contributed by atoms with Crippen molar-refractivity contribution >= 4 is 45.7 Å². The van der Waals surface area contributed by atoms with Crippen molar-refractivity contribution in [2.24, 2.45) is 0 Å². The summed E-state index contributed by atoms with van der Waals surface area (Å²) < 4.78 is 6.26. The van der Waals surface area contributed by atoms with E-state index in [4.69, 9.17) is 4.74 Å². The van der Waals surface area contributed by atoms with Gasteiger partial charge >= 0.3 is 5.91 Å². The van der Waals surface area contributed by atoms with Gasteiger partial charge in [0.25, 0.3) is 5.78 Å². The van der Waals surface area contributed by atoms with Gasteiger partial charge in [-0.3, -0.25) is 14.5 Å².